The summed E-state index contributed by atoms with van der Waals surface area (Å²) in [6.07, 6.45) is 8.15. The van der Waals surface area contributed by atoms with Crippen LogP contribution in [0.4, 0.5) is 4.79 Å². The van der Waals surface area contributed by atoms with Gasteiger partial charge < -0.3 is 10.2 Å². The van der Waals surface area contributed by atoms with Crippen molar-refractivity contribution in [2.45, 2.75) is 63.1 Å². The lowest BCUT2D eigenvalue weighted by Gasteiger charge is -2.36. The van der Waals surface area contributed by atoms with Crippen LogP contribution in [0.1, 0.15) is 55.7 Å². The maximum atomic E-state index is 12.6. The third-order valence-corrected chi connectivity index (χ3v) is 4.75. The van der Waals surface area contributed by atoms with Crippen LogP contribution in [0, 0.1) is 0 Å². The number of urea groups is 1. The van der Waals surface area contributed by atoms with Crippen LogP contribution < -0.4 is 5.32 Å². The summed E-state index contributed by atoms with van der Waals surface area (Å²) in [6.45, 7) is 0. The predicted molar refractivity (Wildman–Crippen MR) is 78.5 cm³/mol. The maximum Gasteiger partial charge on any atom is 0.318 e. The predicted octanol–water partition coefficient (Wildman–Crippen LogP) is 3.40. The van der Waals surface area contributed by atoms with Crippen LogP contribution in [-0.4, -0.2) is 23.0 Å². The summed E-state index contributed by atoms with van der Waals surface area (Å²) in [5, 5.41) is 3.19. The number of hydrogen-bond acceptors (Lipinski definition) is 1. The van der Waals surface area contributed by atoms with Crippen LogP contribution in [0.25, 0.3) is 0 Å². The van der Waals surface area contributed by atoms with Crippen molar-refractivity contribution < 1.29 is 4.79 Å². The van der Waals surface area contributed by atoms with E-state index in [1.165, 1.54) is 30.4 Å². The molecule has 0 saturated heterocycles. The molecule has 1 atom stereocenters. The molecule has 2 saturated carbocycles. The fourth-order valence-corrected chi connectivity index (χ4v) is 3.41. The van der Waals surface area contributed by atoms with Crippen molar-refractivity contribution in [3.63, 3.8) is 0 Å². The van der Waals surface area contributed by atoms with Crippen LogP contribution in [0.15, 0.2) is 24.3 Å². The lowest BCUT2D eigenvalue weighted by atomic mass is 9.87. The Kier molecular flexibility index (Phi) is 2.94. The van der Waals surface area contributed by atoms with Crippen molar-refractivity contribution >= 4 is 6.03 Å². The minimum absolute atomic E-state index is 0.178. The van der Waals surface area contributed by atoms with Gasteiger partial charge >= 0.3 is 6.03 Å². The molecule has 2 fully saturated rings. The Bertz CT molecular complexity index is 519. The van der Waals surface area contributed by atoms with Gasteiger partial charge in [-0.1, -0.05) is 24.3 Å². The van der Waals surface area contributed by atoms with Gasteiger partial charge in [0.15, 0.2) is 0 Å². The number of nitrogens with zero attached hydrogens (tertiary/aromatic N) is 1. The number of fused-ring (bicyclic) bond motifs is 1. The van der Waals surface area contributed by atoms with Gasteiger partial charge in [0.25, 0.3) is 0 Å². The topological polar surface area (TPSA) is 32.3 Å². The molecule has 1 aromatic rings. The summed E-state index contributed by atoms with van der Waals surface area (Å²) in [4.78, 5) is 14.8. The van der Waals surface area contributed by atoms with E-state index in [2.05, 4.69) is 34.5 Å². The average molecular weight is 270 g/mol. The molecule has 0 heterocycles. The quantitative estimate of drug-likeness (QED) is 0.897. The van der Waals surface area contributed by atoms with Gasteiger partial charge in [0.1, 0.15) is 0 Å². The van der Waals surface area contributed by atoms with Gasteiger partial charge in [-0.2, -0.15) is 0 Å². The smallest absolute Gasteiger partial charge is 0.318 e. The summed E-state index contributed by atoms with van der Waals surface area (Å²) in [5.74, 6) is 0. The van der Waals surface area contributed by atoms with Gasteiger partial charge in [0.05, 0.1) is 6.04 Å². The standard InChI is InChI=1S/C17H22N2O/c20-17(18-13-8-9-13)19(14-10-11-14)16-7-3-5-12-4-1-2-6-15(12)16/h1-2,4,6,13-14,16H,3,5,7-11H2,(H,18,20)/t16-/m0/s1. The minimum atomic E-state index is 0.178. The molecule has 3 aliphatic carbocycles. The number of carbonyl (C=O) groups excluding carboxylic acids is 1. The SMILES string of the molecule is O=C(NC1CC1)N(C1CC1)[C@H]1CCCc2ccccc21. The zero-order chi connectivity index (χ0) is 13.5. The van der Waals surface area contributed by atoms with E-state index in [0.29, 0.717) is 18.1 Å². The maximum absolute atomic E-state index is 12.6. The number of aryl methyl sites for hydroxylation is 1. The molecular weight excluding hydrogens is 248 g/mol. The van der Waals surface area contributed by atoms with Crippen molar-refractivity contribution in [3.05, 3.63) is 35.4 Å². The van der Waals surface area contributed by atoms with Crippen molar-refractivity contribution in [1.82, 2.24) is 10.2 Å². The van der Waals surface area contributed by atoms with E-state index in [4.69, 9.17) is 0 Å². The molecule has 0 bridgehead atoms. The highest BCUT2D eigenvalue weighted by molar-refractivity contribution is 5.76. The van der Waals surface area contributed by atoms with Gasteiger partial charge in [0, 0.05) is 12.1 Å². The van der Waals surface area contributed by atoms with E-state index in [1.807, 2.05) is 0 Å². The fraction of sp³-hybridized carbons (Fsp3) is 0.588. The largest absolute Gasteiger partial charge is 0.335 e. The number of carbonyl (C=O) groups is 1. The van der Waals surface area contributed by atoms with Crippen molar-refractivity contribution in [2.75, 3.05) is 0 Å². The lowest BCUT2D eigenvalue weighted by molar-refractivity contribution is 0.161. The van der Waals surface area contributed by atoms with Crippen LogP contribution >= 0.6 is 0 Å². The Balaban J connectivity index is 1.61. The Morgan fingerprint density at radius 2 is 1.90 bits per heavy atom. The molecule has 3 aliphatic rings. The Hall–Kier alpha value is -1.51. The molecule has 0 spiro atoms. The minimum Gasteiger partial charge on any atom is -0.335 e. The van der Waals surface area contributed by atoms with Gasteiger partial charge in [-0.25, -0.2) is 4.79 Å². The summed E-state index contributed by atoms with van der Waals surface area (Å²) in [6, 6.07) is 10.1. The summed E-state index contributed by atoms with van der Waals surface area (Å²) in [5.41, 5.74) is 2.82. The summed E-state index contributed by atoms with van der Waals surface area (Å²) in [7, 11) is 0. The first-order chi connectivity index (χ1) is 9.83. The molecule has 106 valence electrons. The fourth-order valence-electron chi connectivity index (χ4n) is 3.41. The molecule has 4 rings (SSSR count). The van der Waals surface area contributed by atoms with Crippen molar-refractivity contribution in [1.29, 1.82) is 0 Å². The highest BCUT2D eigenvalue weighted by Gasteiger charge is 2.40. The van der Waals surface area contributed by atoms with E-state index in [1.54, 1.807) is 0 Å². The molecule has 0 radical (unpaired) electrons. The summed E-state index contributed by atoms with van der Waals surface area (Å²) < 4.78 is 0. The van der Waals surface area contributed by atoms with Crippen molar-refractivity contribution in [3.8, 4) is 0 Å². The van der Waals surface area contributed by atoms with Gasteiger partial charge in [-0.3, -0.25) is 0 Å². The van der Waals surface area contributed by atoms with Crippen LogP contribution in [0.3, 0.4) is 0 Å². The number of amides is 2. The first-order valence-corrected chi connectivity index (χ1v) is 7.99. The normalized spacial score (nSPS) is 24.9. The van der Waals surface area contributed by atoms with E-state index < -0.39 is 0 Å². The molecule has 1 N–H and O–H groups in total. The van der Waals surface area contributed by atoms with Gasteiger partial charge in [0.2, 0.25) is 0 Å². The Morgan fingerprint density at radius 1 is 1.10 bits per heavy atom. The Morgan fingerprint density at radius 3 is 2.65 bits per heavy atom. The number of nitrogens with one attached hydrogen (secondary N) is 1. The highest BCUT2D eigenvalue weighted by atomic mass is 16.2. The molecule has 3 heteroatoms. The van der Waals surface area contributed by atoms with Crippen LogP contribution in [0.2, 0.25) is 0 Å². The second-order valence-corrected chi connectivity index (χ2v) is 6.47. The zero-order valence-electron chi connectivity index (χ0n) is 11.8. The molecular formula is C17H22N2O. The first-order valence-electron chi connectivity index (χ1n) is 7.99. The number of rotatable bonds is 3. The average Bonchev–Trinajstić information content (AvgIpc) is 3.34. The van der Waals surface area contributed by atoms with Crippen LogP contribution in [0.5, 0.6) is 0 Å². The van der Waals surface area contributed by atoms with E-state index in [9.17, 15) is 4.79 Å². The Labute approximate surface area is 120 Å². The molecule has 2 amide bonds. The van der Waals surface area contributed by atoms with Gasteiger partial charge in [-0.15, -0.1) is 0 Å². The molecule has 3 nitrogen and oxygen atoms in total. The van der Waals surface area contributed by atoms with Gasteiger partial charge in [-0.05, 0) is 56.1 Å². The first kappa shape index (κ1) is 12.2. The third-order valence-electron chi connectivity index (χ3n) is 4.75. The molecule has 0 aliphatic heterocycles. The summed E-state index contributed by atoms with van der Waals surface area (Å²) >= 11 is 0. The van der Waals surface area contributed by atoms with Crippen LogP contribution in [-0.2, 0) is 6.42 Å². The molecule has 0 aromatic heterocycles. The number of hydrogen-bond donors (Lipinski definition) is 1. The zero-order valence-corrected chi connectivity index (χ0v) is 11.8. The molecule has 20 heavy (non-hydrogen) atoms. The number of benzene rings is 1. The third kappa shape index (κ3) is 2.30. The highest BCUT2D eigenvalue weighted by Crippen LogP contribution is 2.41. The van der Waals surface area contributed by atoms with E-state index >= 15 is 0 Å². The van der Waals surface area contributed by atoms with Crippen molar-refractivity contribution in [2.24, 2.45) is 0 Å². The second kappa shape index (κ2) is 4.80. The van der Waals surface area contributed by atoms with E-state index in [-0.39, 0.29) is 6.03 Å². The molecule has 0 unspecified atom stereocenters. The second-order valence-electron chi connectivity index (χ2n) is 6.47. The van der Waals surface area contributed by atoms with E-state index in [0.717, 1.165) is 25.7 Å². The lowest BCUT2D eigenvalue weighted by Crippen LogP contribution is -2.45. The monoisotopic (exact) mass is 270 g/mol. The molecule has 1 aromatic carbocycles.